The second-order valence-corrected chi connectivity index (χ2v) is 4.03. The zero-order valence-electron chi connectivity index (χ0n) is 8.87. The molecule has 1 N–H and O–H groups in total. The van der Waals surface area contributed by atoms with Gasteiger partial charge in [-0.15, -0.1) is 0 Å². The SMILES string of the molecule is CCOCOc1ccc(Br)cc1C(C)O. The molecule has 0 aliphatic rings. The number of ether oxygens (including phenoxy) is 2. The van der Waals surface area contributed by atoms with Gasteiger partial charge in [0.1, 0.15) is 5.75 Å². The van der Waals surface area contributed by atoms with Crippen LogP contribution in [0.25, 0.3) is 0 Å². The first kappa shape index (κ1) is 12.5. The second-order valence-electron chi connectivity index (χ2n) is 3.11. The lowest BCUT2D eigenvalue weighted by Gasteiger charge is -2.13. The number of benzene rings is 1. The van der Waals surface area contributed by atoms with Crippen molar-refractivity contribution < 1.29 is 14.6 Å². The monoisotopic (exact) mass is 274 g/mol. The molecule has 3 nitrogen and oxygen atoms in total. The fraction of sp³-hybridized carbons (Fsp3) is 0.455. The Kier molecular flexibility index (Phi) is 5.08. The first-order valence-electron chi connectivity index (χ1n) is 4.83. The fourth-order valence-electron chi connectivity index (χ4n) is 1.17. The summed E-state index contributed by atoms with van der Waals surface area (Å²) < 4.78 is 11.4. The number of halogens is 1. The first-order chi connectivity index (χ1) is 7.15. The molecule has 0 aliphatic heterocycles. The molecule has 1 aromatic rings. The van der Waals surface area contributed by atoms with E-state index in [4.69, 9.17) is 9.47 Å². The number of hydrogen-bond acceptors (Lipinski definition) is 3. The lowest BCUT2D eigenvalue weighted by Crippen LogP contribution is -2.05. The third-order valence-corrected chi connectivity index (χ3v) is 2.42. The Balaban J connectivity index is 2.77. The molecule has 1 atom stereocenters. The Labute approximate surface area is 98.1 Å². The summed E-state index contributed by atoms with van der Waals surface area (Å²) in [6.45, 7) is 4.42. The zero-order chi connectivity index (χ0) is 11.3. The molecule has 0 aromatic heterocycles. The van der Waals surface area contributed by atoms with E-state index in [-0.39, 0.29) is 6.79 Å². The molecule has 0 spiro atoms. The highest BCUT2D eigenvalue weighted by atomic mass is 79.9. The Bertz CT molecular complexity index is 313. The molecule has 1 aromatic carbocycles. The van der Waals surface area contributed by atoms with Crippen molar-refractivity contribution in [3.63, 3.8) is 0 Å². The first-order valence-corrected chi connectivity index (χ1v) is 5.62. The predicted octanol–water partition coefficient (Wildman–Crippen LogP) is 2.88. The minimum absolute atomic E-state index is 0.206. The summed E-state index contributed by atoms with van der Waals surface area (Å²) in [5, 5.41) is 9.54. The highest BCUT2D eigenvalue weighted by molar-refractivity contribution is 9.10. The van der Waals surface area contributed by atoms with E-state index in [9.17, 15) is 5.11 Å². The zero-order valence-corrected chi connectivity index (χ0v) is 10.5. The molecular formula is C11H15BrO3. The van der Waals surface area contributed by atoms with Crippen LogP contribution in [0, 0.1) is 0 Å². The summed E-state index contributed by atoms with van der Waals surface area (Å²) in [6, 6.07) is 5.52. The third kappa shape index (κ3) is 3.81. The summed E-state index contributed by atoms with van der Waals surface area (Å²) in [7, 11) is 0. The van der Waals surface area contributed by atoms with Gasteiger partial charge in [0.15, 0.2) is 6.79 Å². The van der Waals surface area contributed by atoms with Crippen LogP contribution in [0.3, 0.4) is 0 Å². The van der Waals surface area contributed by atoms with Gasteiger partial charge in [-0.1, -0.05) is 15.9 Å². The van der Waals surface area contributed by atoms with Crippen LogP contribution in [0.4, 0.5) is 0 Å². The van der Waals surface area contributed by atoms with Crippen LogP contribution in [-0.2, 0) is 4.74 Å². The molecule has 1 rings (SSSR count). The van der Waals surface area contributed by atoms with Crippen molar-refractivity contribution in [2.75, 3.05) is 13.4 Å². The van der Waals surface area contributed by atoms with Gasteiger partial charge >= 0.3 is 0 Å². The molecule has 0 radical (unpaired) electrons. The number of hydrogen-bond donors (Lipinski definition) is 1. The standard InChI is InChI=1S/C11H15BrO3/c1-3-14-7-15-11-5-4-9(12)6-10(11)8(2)13/h4-6,8,13H,3,7H2,1-2H3. The molecule has 0 saturated carbocycles. The van der Waals surface area contributed by atoms with Crippen molar-refractivity contribution in [2.45, 2.75) is 20.0 Å². The van der Waals surface area contributed by atoms with Crippen molar-refractivity contribution in [1.29, 1.82) is 0 Å². The molecule has 15 heavy (non-hydrogen) atoms. The maximum atomic E-state index is 9.54. The Hall–Kier alpha value is -0.580. The lowest BCUT2D eigenvalue weighted by atomic mass is 10.1. The molecule has 0 fully saturated rings. The summed E-state index contributed by atoms with van der Waals surface area (Å²) in [4.78, 5) is 0. The van der Waals surface area contributed by atoms with Crippen LogP contribution < -0.4 is 4.74 Å². The highest BCUT2D eigenvalue weighted by Gasteiger charge is 2.09. The Morgan fingerprint density at radius 1 is 1.47 bits per heavy atom. The minimum Gasteiger partial charge on any atom is -0.467 e. The van der Waals surface area contributed by atoms with Crippen molar-refractivity contribution in [3.05, 3.63) is 28.2 Å². The van der Waals surface area contributed by atoms with E-state index >= 15 is 0 Å². The lowest BCUT2D eigenvalue weighted by molar-refractivity contribution is 0.0204. The largest absolute Gasteiger partial charge is 0.467 e. The smallest absolute Gasteiger partial charge is 0.189 e. The Morgan fingerprint density at radius 2 is 2.20 bits per heavy atom. The van der Waals surface area contributed by atoms with E-state index in [1.54, 1.807) is 6.92 Å². The van der Waals surface area contributed by atoms with E-state index < -0.39 is 6.10 Å². The molecule has 0 saturated heterocycles. The number of aliphatic hydroxyl groups excluding tert-OH is 1. The van der Waals surface area contributed by atoms with Gasteiger partial charge in [-0.05, 0) is 32.0 Å². The normalized spacial score (nSPS) is 12.5. The molecule has 0 bridgehead atoms. The van der Waals surface area contributed by atoms with Crippen LogP contribution in [-0.4, -0.2) is 18.5 Å². The molecular weight excluding hydrogens is 260 g/mol. The van der Waals surface area contributed by atoms with Gasteiger partial charge in [-0.3, -0.25) is 0 Å². The average Bonchev–Trinajstić information content (AvgIpc) is 2.20. The Morgan fingerprint density at radius 3 is 2.80 bits per heavy atom. The van der Waals surface area contributed by atoms with Gasteiger partial charge < -0.3 is 14.6 Å². The van der Waals surface area contributed by atoms with E-state index in [0.717, 1.165) is 10.0 Å². The van der Waals surface area contributed by atoms with Gasteiger partial charge in [-0.25, -0.2) is 0 Å². The predicted molar refractivity (Wildman–Crippen MR) is 61.9 cm³/mol. The topological polar surface area (TPSA) is 38.7 Å². The highest BCUT2D eigenvalue weighted by Crippen LogP contribution is 2.28. The third-order valence-electron chi connectivity index (χ3n) is 1.92. The molecule has 4 heteroatoms. The molecule has 1 unspecified atom stereocenters. The van der Waals surface area contributed by atoms with Crippen LogP contribution >= 0.6 is 15.9 Å². The quantitative estimate of drug-likeness (QED) is 0.663. The van der Waals surface area contributed by atoms with Crippen molar-refractivity contribution in [3.8, 4) is 5.75 Å². The summed E-state index contributed by atoms with van der Waals surface area (Å²) >= 11 is 3.35. The van der Waals surface area contributed by atoms with E-state index in [1.807, 2.05) is 25.1 Å². The van der Waals surface area contributed by atoms with Gasteiger partial charge in [0.2, 0.25) is 0 Å². The minimum atomic E-state index is -0.556. The number of aliphatic hydroxyl groups is 1. The molecule has 0 amide bonds. The van der Waals surface area contributed by atoms with Gasteiger partial charge in [0.25, 0.3) is 0 Å². The van der Waals surface area contributed by atoms with Crippen molar-refractivity contribution in [1.82, 2.24) is 0 Å². The van der Waals surface area contributed by atoms with Crippen LogP contribution in [0.1, 0.15) is 25.5 Å². The van der Waals surface area contributed by atoms with Crippen molar-refractivity contribution >= 4 is 15.9 Å². The average molecular weight is 275 g/mol. The van der Waals surface area contributed by atoms with Crippen LogP contribution in [0.5, 0.6) is 5.75 Å². The second kappa shape index (κ2) is 6.10. The molecule has 84 valence electrons. The maximum absolute atomic E-state index is 9.54. The molecule has 0 aliphatic carbocycles. The molecule has 0 heterocycles. The summed E-state index contributed by atoms with van der Waals surface area (Å²) in [5.41, 5.74) is 0.754. The van der Waals surface area contributed by atoms with Crippen molar-refractivity contribution in [2.24, 2.45) is 0 Å². The van der Waals surface area contributed by atoms with Gasteiger partial charge in [0, 0.05) is 16.6 Å². The number of rotatable bonds is 5. The van der Waals surface area contributed by atoms with Gasteiger partial charge in [-0.2, -0.15) is 0 Å². The maximum Gasteiger partial charge on any atom is 0.189 e. The van der Waals surface area contributed by atoms with Crippen LogP contribution in [0.2, 0.25) is 0 Å². The van der Waals surface area contributed by atoms with Crippen LogP contribution in [0.15, 0.2) is 22.7 Å². The van der Waals surface area contributed by atoms with Gasteiger partial charge in [0.05, 0.1) is 6.10 Å². The van der Waals surface area contributed by atoms with E-state index in [2.05, 4.69) is 15.9 Å². The summed E-state index contributed by atoms with van der Waals surface area (Å²) in [6.07, 6.45) is -0.556. The summed E-state index contributed by atoms with van der Waals surface area (Å²) in [5.74, 6) is 0.654. The van der Waals surface area contributed by atoms with E-state index in [0.29, 0.717) is 12.4 Å². The van der Waals surface area contributed by atoms with E-state index in [1.165, 1.54) is 0 Å². The fourth-order valence-corrected chi connectivity index (χ4v) is 1.54.